The van der Waals surface area contributed by atoms with Gasteiger partial charge in [0, 0.05) is 19.2 Å². The molecule has 1 atom stereocenters. The summed E-state index contributed by atoms with van der Waals surface area (Å²) in [5, 5.41) is 2.43. The Morgan fingerprint density at radius 3 is 2.65 bits per heavy atom. The second kappa shape index (κ2) is 6.17. The number of halogens is 2. The molecular weight excluding hydrogens is 266 g/mol. The van der Waals surface area contributed by atoms with Gasteiger partial charge in [-0.25, -0.2) is 8.78 Å². The van der Waals surface area contributed by atoms with Crippen molar-refractivity contribution in [3.8, 4) is 0 Å². The highest BCUT2D eigenvalue weighted by molar-refractivity contribution is 5.95. The molecule has 110 valence electrons. The van der Waals surface area contributed by atoms with Crippen LogP contribution in [0.4, 0.5) is 14.5 Å². The first-order valence-electron chi connectivity index (χ1n) is 6.64. The number of ether oxygens (including phenoxy) is 1. The third-order valence-corrected chi connectivity index (χ3v) is 3.50. The summed E-state index contributed by atoms with van der Waals surface area (Å²) in [6, 6.07) is 2.09. The largest absolute Gasteiger partial charge is 0.383 e. The molecule has 0 bridgehead atoms. The van der Waals surface area contributed by atoms with Gasteiger partial charge in [0.2, 0.25) is 0 Å². The first-order valence-corrected chi connectivity index (χ1v) is 6.64. The molecule has 1 saturated heterocycles. The number of nitrogens with one attached hydrogen (secondary N) is 1. The molecule has 1 amide bonds. The monoisotopic (exact) mass is 284 g/mol. The van der Waals surface area contributed by atoms with Gasteiger partial charge in [0.05, 0.1) is 19.3 Å². The second-order valence-corrected chi connectivity index (χ2v) is 4.70. The molecule has 1 aromatic rings. The van der Waals surface area contributed by atoms with Gasteiger partial charge in [0.1, 0.15) is 17.3 Å². The molecule has 2 rings (SSSR count). The van der Waals surface area contributed by atoms with E-state index in [2.05, 4.69) is 5.32 Å². The number of carbonyl (C=O) groups is 1. The minimum atomic E-state index is -0.767. The van der Waals surface area contributed by atoms with E-state index in [0.29, 0.717) is 19.8 Å². The maximum atomic E-state index is 13.7. The predicted octanol–water partition coefficient (Wildman–Crippen LogP) is 2.26. The van der Waals surface area contributed by atoms with E-state index in [9.17, 15) is 13.6 Å². The lowest BCUT2D eigenvalue weighted by atomic mass is 10.1. The highest BCUT2D eigenvalue weighted by Gasteiger charge is 2.27. The Kier molecular flexibility index (Phi) is 4.54. The van der Waals surface area contributed by atoms with Gasteiger partial charge < -0.3 is 15.0 Å². The summed E-state index contributed by atoms with van der Waals surface area (Å²) < 4.78 is 32.8. The standard InChI is InChI=1S/C14H18F2N2O2/c1-3-10-8-20-5-4-18(10)14(19)9-6-11(15)13(17-2)12(16)7-9/h6-7,10,17H,3-5,8H2,1-2H3. The number of nitrogens with zero attached hydrogens (tertiary/aromatic N) is 1. The van der Waals surface area contributed by atoms with Crippen LogP contribution >= 0.6 is 0 Å². The SMILES string of the molecule is CCC1COCCN1C(=O)c1cc(F)c(NC)c(F)c1. The van der Waals surface area contributed by atoms with Gasteiger partial charge in [-0.05, 0) is 18.6 Å². The maximum Gasteiger partial charge on any atom is 0.254 e. The minimum Gasteiger partial charge on any atom is -0.383 e. The van der Waals surface area contributed by atoms with Crippen LogP contribution in [0.15, 0.2) is 12.1 Å². The summed E-state index contributed by atoms with van der Waals surface area (Å²) in [5.41, 5.74) is -0.199. The summed E-state index contributed by atoms with van der Waals surface area (Å²) in [5.74, 6) is -1.89. The van der Waals surface area contributed by atoms with E-state index in [1.165, 1.54) is 7.05 Å². The lowest BCUT2D eigenvalue weighted by molar-refractivity contribution is -0.00283. The Labute approximate surface area is 116 Å². The van der Waals surface area contributed by atoms with Crippen LogP contribution in [0.25, 0.3) is 0 Å². The zero-order valence-corrected chi connectivity index (χ0v) is 11.6. The average Bonchev–Trinajstić information content (AvgIpc) is 2.46. The molecule has 1 aromatic carbocycles. The topological polar surface area (TPSA) is 41.6 Å². The molecule has 0 spiro atoms. The number of carbonyl (C=O) groups excluding carboxylic acids is 1. The first-order chi connectivity index (χ1) is 9.58. The predicted molar refractivity (Wildman–Crippen MR) is 71.8 cm³/mol. The maximum absolute atomic E-state index is 13.7. The van der Waals surface area contributed by atoms with Crippen molar-refractivity contribution in [2.24, 2.45) is 0 Å². The summed E-state index contributed by atoms with van der Waals surface area (Å²) >= 11 is 0. The third kappa shape index (κ3) is 2.75. The summed E-state index contributed by atoms with van der Waals surface area (Å²) in [4.78, 5) is 14.0. The van der Waals surface area contributed by atoms with E-state index in [-0.39, 0.29) is 23.2 Å². The Bertz CT molecular complexity index is 485. The van der Waals surface area contributed by atoms with Crippen molar-refractivity contribution in [1.29, 1.82) is 0 Å². The molecular formula is C14H18F2N2O2. The molecule has 1 unspecified atom stereocenters. The Hall–Kier alpha value is -1.69. The van der Waals surface area contributed by atoms with E-state index in [4.69, 9.17) is 4.74 Å². The molecule has 4 nitrogen and oxygen atoms in total. The highest BCUT2D eigenvalue weighted by atomic mass is 19.1. The van der Waals surface area contributed by atoms with E-state index in [1.807, 2.05) is 6.92 Å². The molecule has 0 radical (unpaired) electrons. The number of benzene rings is 1. The second-order valence-electron chi connectivity index (χ2n) is 4.70. The normalized spacial score (nSPS) is 19.0. The first kappa shape index (κ1) is 14.7. The van der Waals surface area contributed by atoms with E-state index >= 15 is 0 Å². The number of rotatable bonds is 3. The summed E-state index contributed by atoms with van der Waals surface area (Å²) in [6.07, 6.45) is 0.741. The van der Waals surface area contributed by atoms with Crippen LogP contribution in [-0.2, 0) is 4.74 Å². The highest BCUT2D eigenvalue weighted by Crippen LogP contribution is 2.22. The summed E-state index contributed by atoms with van der Waals surface area (Å²) in [7, 11) is 1.43. The van der Waals surface area contributed by atoms with Gasteiger partial charge in [-0.15, -0.1) is 0 Å². The van der Waals surface area contributed by atoms with Crippen LogP contribution in [0, 0.1) is 11.6 Å². The van der Waals surface area contributed by atoms with Crippen molar-refractivity contribution in [2.45, 2.75) is 19.4 Å². The molecule has 0 aliphatic carbocycles. The zero-order valence-electron chi connectivity index (χ0n) is 11.6. The molecule has 1 aliphatic heterocycles. The van der Waals surface area contributed by atoms with Gasteiger partial charge in [0.15, 0.2) is 0 Å². The number of amides is 1. The quantitative estimate of drug-likeness (QED) is 0.925. The van der Waals surface area contributed by atoms with Crippen LogP contribution in [0.1, 0.15) is 23.7 Å². The van der Waals surface area contributed by atoms with E-state index in [1.54, 1.807) is 4.90 Å². The van der Waals surface area contributed by atoms with Crippen LogP contribution in [0.2, 0.25) is 0 Å². The molecule has 0 aromatic heterocycles. The Balaban J connectivity index is 2.28. The lowest BCUT2D eigenvalue weighted by Gasteiger charge is -2.35. The molecule has 1 N–H and O–H groups in total. The number of anilines is 1. The van der Waals surface area contributed by atoms with E-state index in [0.717, 1.165) is 18.6 Å². The van der Waals surface area contributed by atoms with Gasteiger partial charge in [0.25, 0.3) is 5.91 Å². The van der Waals surface area contributed by atoms with Crippen molar-refractivity contribution in [2.75, 3.05) is 32.1 Å². The number of morpholine rings is 1. The molecule has 20 heavy (non-hydrogen) atoms. The van der Waals surface area contributed by atoms with Crippen LogP contribution in [0.3, 0.4) is 0 Å². The Morgan fingerprint density at radius 2 is 2.10 bits per heavy atom. The lowest BCUT2D eigenvalue weighted by Crippen LogP contribution is -2.48. The van der Waals surface area contributed by atoms with Crippen molar-refractivity contribution in [1.82, 2.24) is 4.90 Å². The zero-order chi connectivity index (χ0) is 14.7. The molecule has 6 heteroatoms. The van der Waals surface area contributed by atoms with Crippen LogP contribution in [0.5, 0.6) is 0 Å². The average molecular weight is 284 g/mol. The van der Waals surface area contributed by atoms with Gasteiger partial charge >= 0.3 is 0 Å². The number of hydrogen-bond acceptors (Lipinski definition) is 3. The van der Waals surface area contributed by atoms with Gasteiger partial charge in [-0.2, -0.15) is 0 Å². The fourth-order valence-electron chi connectivity index (χ4n) is 2.36. The minimum absolute atomic E-state index is 0.0272. The molecule has 1 aliphatic rings. The van der Waals surface area contributed by atoms with Crippen molar-refractivity contribution in [3.05, 3.63) is 29.3 Å². The van der Waals surface area contributed by atoms with Crippen LogP contribution < -0.4 is 5.32 Å². The van der Waals surface area contributed by atoms with E-state index < -0.39 is 11.6 Å². The Morgan fingerprint density at radius 1 is 1.45 bits per heavy atom. The fourth-order valence-corrected chi connectivity index (χ4v) is 2.36. The number of hydrogen-bond donors (Lipinski definition) is 1. The third-order valence-electron chi connectivity index (χ3n) is 3.50. The smallest absolute Gasteiger partial charge is 0.254 e. The molecule has 1 heterocycles. The molecule has 1 fully saturated rings. The van der Waals surface area contributed by atoms with Gasteiger partial charge in [-0.3, -0.25) is 4.79 Å². The fraction of sp³-hybridized carbons (Fsp3) is 0.500. The van der Waals surface area contributed by atoms with Crippen LogP contribution in [-0.4, -0.2) is 43.7 Å². The van der Waals surface area contributed by atoms with Crippen molar-refractivity contribution < 1.29 is 18.3 Å². The van der Waals surface area contributed by atoms with Crippen molar-refractivity contribution >= 4 is 11.6 Å². The molecule has 0 saturated carbocycles. The summed E-state index contributed by atoms with van der Waals surface area (Å²) in [6.45, 7) is 3.29. The van der Waals surface area contributed by atoms with Crippen molar-refractivity contribution in [3.63, 3.8) is 0 Å². The van der Waals surface area contributed by atoms with Gasteiger partial charge in [-0.1, -0.05) is 6.92 Å².